The van der Waals surface area contributed by atoms with Crippen LogP contribution >= 0.6 is 11.6 Å². The monoisotopic (exact) mass is 625 g/mol. The standard InChI is InChI=1S/C33H32ClN7O4/c1-39(2)33(44)23-6-4-5-7-29(23)45-22-9-11-28(24(34)16-22)41-30(35)17-27(38-41)31(42)26-15-20-14-19(8-10-25(20)37-26)32(43)36-21-12-13-40(3)18-21/h4-11,14-17,21,37H,12-13,18,35H2,1-3H3,(H,36,43). The number of ketones is 1. The summed E-state index contributed by atoms with van der Waals surface area (Å²) in [6, 6.07) is 20.5. The Labute approximate surface area is 264 Å². The predicted octanol–water partition coefficient (Wildman–Crippen LogP) is 4.75. The van der Waals surface area contributed by atoms with Crippen molar-refractivity contribution < 1.29 is 19.1 Å². The number of rotatable bonds is 8. The van der Waals surface area contributed by atoms with E-state index in [1.807, 2.05) is 7.05 Å². The zero-order chi connectivity index (χ0) is 31.8. The van der Waals surface area contributed by atoms with Crippen LogP contribution in [0.4, 0.5) is 5.82 Å². The minimum atomic E-state index is -0.366. The molecule has 6 rings (SSSR count). The highest BCUT2D eigenvalue weighted by Crippen LogP contribution is 2.32. The number of amides is 2. The largest absolute Gasteiger partial charge is 0.456 e. The number of halogens is 1. The van der Waals surface area contributed by atoms with Crippen LogP contribution in [0.25, 0.3) is 16.6 Å². The summed E-state index contributed by atoms with van der Waals surface area (Å²) < 4.78 is 7.38. The highest BCUT2D eigenvalue weighted by molar-refractivity contribution is 6.32. The number of fused-ring (bicyclic) bond motifs is 1. The highest BCUT2D eigenvalue weighted by Gasteiger charge is 2.23. The van der Waals surface area contributed by atoms with Gasteiger partial charge in [-0.25, -0.2) is 4.68 Å². The number of aromatic amines is 1. The number of carbonyl (C=O) groups excluding carboxylic acids is 3. The summed E-state index contributed by atoms with van der Waals surface area (Å²) in [6.45, 7) is 1.78. The number of nitrogens with zero attached hydrogens (tertiary/aromatic N) is 4. The molecule has 1 unspecified atom stereocenters. The third-order valence-electron chi connectivity index (χ3n) is 7.72. The molecule has 0 bridgehead atoms. The van der Waals surface area contributed by atoms with Crippen molar-refractivity contribution in [3.63, 3.8) is 0 Å². The fraction of sp³-hybridized carbons (Fsp3) is 0.212. The number of anilines is 1. The lowest BCUT2D eigenvalue weighted by Crippen LogP contribution is -2.36. The average Bonchev–Trinajstić information content (AvgIpc) is 3.74. The minimum absolute atomic E-state index is 0.120. The fourth-order valence-electron chi connectivity index (χ4n) is 5.38. The van der Waals surface area contributed by atoms with Gasteiger partial charge in [0.2, 0.25) is 5.78 Å². The number of benzene rings is 3. The van der Waals surface area contributed by atoms with Gasteiger partial charge >= 0.3 is 0 Å². The number of carbonyl (C=O) groups is 3. The molecule has 1 fully saturated rings. The van der Waals surface area contributed by atoms with Crippen LogP contribution in [0.5, 0.6) is 11.5 Å². The van der Waals surface area contributed by atoms with Crippen molar-refractivity contribution in [2.45, 2.75) is 12.5 Å². The Hall–Kier alpha value is -5.13. The molecule has 1 saturated heterocycles. The molecule has 0 aliphatic carbocycles. The molecule has 3 heterocycles. The van der Waals surface area contributed by atoms with E-state index in [1.54, 1.807) is 80.8 Å². The van der Waals surface area contributed by atoms with Crippen molar-refractivity contribution in [3.8, 4) is 17.2 Å². The van der Waals surface area contributed by atoms with Crippen LogP contribution in [0.15, 0.2) is 72.8 Å². The van der Waals surface area contributed by atoms with Crippen molar-refractivity contribution in [3.05, 3.63) is 100 Å². The SMILES string of the molecule is CN1CCC(NC(=O)c2ccc3[nH]c(C(=O)c4cc(N)n(-c5ccc(Oc6ccccc6C(=O)N(C)C)cc5Cl)n4)cc3c2)C1. The van der Waals surface area contributed by atoms with Crippen molar-refractivity contribution in [1.29, 1.82) is 0 Å². The van der Waals surface area contributed by atoms with E-state index in [0.29, 0.717) is 34.0 Å². The fourth-order valence-corrected chi connectivity index (χ4v) is 5.63. The molecule has 0 saturated carbocycles. The lowest BCUT2D eigenvalue weighted by Gasteiger charge is -2.15. The van der Waals surface area contributed by atoms with Crippen LogP contribution in [0.1, 0.15) is 43.3 Å². The average molecular weight is 626 g/mol. The van der Waals surface area contributed by atoms with Gasteiger partial charge in [0, 0.05) is 55.3 Å². The molecule has 0 spiro atoms. The number of nitrogen functional groups attached to an aromatic ring is 1. The van der Waals surface area contributed by atoms with Gasteiger partial charge in [-0.1, -0.05) is 23.7 Å². The summed E-state index contributed by atoms with van der Waals surface area (Å²) >= 11 is 6.62. The molecule has 2 amide bonds. The number of likely N-dealkylation sites (tertiary alicyclic amines) is 1. The lowest BCUT2D eigenvalue weighted by molar-refractivity contribution is 0.0824. The van der Waals surface area contributed by atoms with Gasteiger partial charge in [0.15, 0.2) is 0 Å². The van der Waals surface area contributed by atoms with Gasteiger partial charge in [-0.3, -0.25) is 14.4 Å². The first-order valence-corrected chi connectivity index (χ1v) is 14.8. The first-order valence-electron chi connectivity index (χ1n) is 14.4. The lowest BCUT2D eigenvalue weighted by atomic mass is 10.1. The van der Waals surface area contributed by atoms with E-state index < -0.39 is 0 Å². The Morgan fingerprint density at radius 1 is 1.07 bits per heavy atom. The Kier molecular flexibility index (Phi) is 8.05. The molecule has 0 radical (unpaired) electrons. The van der Waals surface area contributed by atoms with E-state index in [9.17, 15) is 14.4 Å². The molecule has 230 valence electrons. The van der Waals surface area contributed by atoms with Crippen molar-refractivity contribution in [2.24, 2.45) is 0 Å². The number of hydrogen-bond acceptors (Lipinski definition) is 7. The summed E-state index contributed by atoms with van der Waals surface area (Å²) in [5, 5.41) is 8.54. The van der Waals surface area contributed by atoms with Gasteiger partial charge in [-0.2, -0.15) is 5.10 Å². The van der Waals surface area contributed by atoms with Gasteiger partial charge < -0.3 is 30.6 Å². The Bertz CT molecular complexity index is 1950. The molecule has 4 N–H and O–H groups in total. The van der Waals surface area contributed by atoms with E-state index in [-0.39, 0.29) is 40.2 Å². The summed E-state index contributed by atoms with van der Waals surface area (Å²) in [5.74, 6) is 0.310. The number of H-pyrrole nitrogens is 1. The minimum Gasteiger partial charge on any atom is -0.456 e. The van der Waals surface area contributed by atoms with Gasteiger partial charge in [0.25, 0.3) is 11.8 Å². The number of ether oxygens (including phenoxy) is 1. The number of hydrogen-bond donors (Lipinski definition) is 3. The van der Waals surface area contributed by atoms with E-state index >= 15 is 0 Å². The number of likely N-dealkylation sites (N-methyl/N-ethyl adjacent to an activating group) is 1. The van der Waals surface area contributed by atoms with Gasteiger partial charge in [-0.05, 0) is 68.5 Å². The number of para-hydroxylation sites is 1. The molecule has 2 aromatic heterocycles. The summed E-state index contributed by atoms with van der Waals surface area (Å²) in [4.78, 5) is 45.6. The Balaban J connectivity index is 1.20. The van der Waals surface area contributed by atoms with E-state index in [1.165, 1.54) is 15.6 Å². The molecule has 11 nitrogen and oxygen atoms in total. The highest BCUT2D eigenvalue weighted by atomic mass is 35.5. The maximum Gasteiger partial charge on any atom is 0.257 e. The zero-order valence-corrected chi connectivity index (χ0v) is 25.8. The van der Waals surface area contributed by atoms with Crippen LogP contribution in [-0.2, 0) is 0 Å². The third kappa shape index (κ3) is 6.13. The first-order chi connectivity index (χ1) is 21.6. The number of nitrogens with two attached hydrogens (primary N) is 1. The molecule has 12 heteroatoms. The van der Waals surface area contributed by atoms with Crippen molar-refractivity contribution in [2.75, 3.05) is 40.0 Å². The summed E-state index contributed by atoms with van der Waals surface area (Å²) in [7, 11) is 5.37. The van der Waals surface area contributed by atoms with Gasteiger partial charge in [0.05, 0.1) is 22.0 Å². The third-order valence-corrected chi connectivity index (χ3v) is 8.03. The van der Waals surface area contributed by atoms with Crippen LogP contribution in [0.2, 0.25) is 5.02 Å². The maximum atomic E-state index is 13.4. The smallest absolute Gasteiger partial charge is 0.257 e. The quantitative estimate of drug-likeness (QED) is 0.212. The second-order valence-electron chi connectivity index (χ2n) is 11.3. The van der Waals surface area contributed by atoms with Gasteiger partial charge in [-0.15, -0.1) is 0 Å². The van der Waals surface area contributed by atoms with E-state index in [2.05, 4.69) is 20.3 Å². The van der Waals surface area contributed by atoms with E-state index in [0.717, 1.165) is 30.4 Å². The van der Waals surface area contributed by atoms with Crippen LogP contribution < -0.4 is 15.8 Å². The van der Waals surface area contributed by atoms with E-state index in [4.69, 9.17) is 22.1 Å². The molecule has 45 heavy (non-hydrogen) atoms. The first kappa shape index (κ1) is 29.9. The zero-order valence-electron chi connectivity index (χ0n) is 25.0. The Morgan fingerprint density at radius 3 is 2.60 bits per heavy atom. The predicted molar refractivity (Wildman–Crippen MR) is 173 cm³/mol. The van der Waals surface area contributed by atoms with Crippen LogP contribution in [0, 0.1) is 0 Å². The normalized spacial score (nSPS) is 14.9. The van der Waals surface area contributed by atoms with Crippen LogP contribution in [-0.4, -0.2) is 82.4 Å². The van der Waals surface area contributed by atoms with Crippen LogP contribution in [0.3, 0.4) is 0 Å². The molecule has 1 atom stereocenters. The Morgan fingerprint density at radius 2 is 1.87 bits per heavy atom. The molecule has 1 aliphatic heterocycles. The maximum absolute atomic E-state index is 13.4. The number of nitrogens with one attached hydrogen (secondary N) is 2. The summed E-state index contributed by atoms with van der Waals surface area (Å²) in [6.07, 6.45) is 0.917. The van der Waals surface area contributed by atoms with Crippen molar-refractivity contribution in [1.82, 2.24) is 29.9 Å². The van der Waals surface area contributed by atoms with Gasteiger partial charge in [0.1, 0.15) is 23.0 Å². The number of aromatic nitrogens is 3. The molecule has 5 aromatic rings. The van der Waals surface area contributed by atoms with Crippen molar-refractivity contribution >= 4 is 45.9 Å². The molecule has 3 aromatic carbocycles. The molecular weight excluding hydrogens is 594 g/mol. The molecule has 1 aliphatic rings. The second kappa shape index (κ2) is 12.1. The summed E-state index contributed by atoms with van der Waals surface area (Å²) in [5.41, 5.74) is 8.80. The molecular formula is C33H32ClN7O4. The topological polar surface area (TPSA) is 139 Å². The second-order valence-corrected chi connectivity index (χ2v) is 11.7.